The molecule has 96 valence electrons. The van der Waals surface area contributed by atoms with Gasteiger partial charge < -0.3 is 5.32 Å². The maximum atomic E-state index is 6.08. The Morgan fingerprint density at radius 3 is 3.00 bits per heavy atom. The van der Waals surface area contributed by atoms with Crippen LogP contribution in [0, 0.1) is 0 Å². The van der Waals surface area contributed by atoms with Crippen LogP contribution in [0.15, 0.2) is 10.5 Å². The van der Waals surface area contributed by atoms with E-state index in [9.17, 15) is 0 Å². The highest BCUT2D eigenvalue weighted by atomic mass is 79.9. The van der Waals surface area contributed by atoms with Crippen molar-refractivity contribution in [1.29, 1.82) is 0 Å². The molecule has 0 spiro atoms. The molecule has 1 aromatic rings. The molecule has 0 aliphatic carbocycles. The summed E-state index contributed by atoms with van der Waals surface area (Å²) < 4.78 is 1.88. The summed E-state index contributed by atoms with van der Waals surface area (Å²) in [5, 5.41) is 3.48. The fraction of sp³-hybridized carbons (Fsp3) is 0.667. The predicted molar refractivity (Wildman–Crippen MR) is 79.0 cm³/mol. The second-order valence-corrected chi connectivity index (χ2v) is 6.99. The minimum Gasteiger partial charge on any atom is -0.315 e. The van der Waals surface area contributed by atoms with E-state index in [4.69, 9.17) is 11.6 Å². The molecule has 0 bridgehead atoms. The zero-order chi connectivity index (χ0) is 12.3. The number of thiophene rings is 1. The average molecular weight is 338 g/mol. The number of nitrogens with zero attached hydrogens (tertiary/aromatic N) is 1. The van der Waals surface area contributed by atoms with Crippen molar-refractivity contribution in [1.82, 2.24) is 10.2 Å². The molecule has 0 saturated carbocycles. The first kappa shape index (κ1) is 13.8. The first-order valence-corrected chi connectivity index (χ1v) is 8.08. The Bertz CT molecular complexity index is 344. The van der Waals surface area contributed by atoms with Crippen molar-refractivity contribution in [3.05, 3.63) is 19.8 Å². The molecule has 1 aliphatic rings. The summed E-state index contributed by atoms with van der Waals surface area (Å²) in [6.45, 7) is 6.63. The smallest absolute Gasteiger partial charge is 0.107 e. The second kappa shape index (κ2) is 6.53. The van der Waals surface area contributed by atoms with Gasteiger partial charge in [0.25, 0.3) is 0 Å². The van der Waals surface area contributed by atoms with Gasteiger partial charge >= 0.3 is 0 Å². The summed E-state index contributed by atoms with van der Waals surface area (Å²) in [7, 11) is 0. The number of likely N-dealkylation sites (N-methyl/N-ethyl adjacent to an activating group) is 1. The highest BCUT2D eigenvalue weighted by molar-refractivity contribution is 9.10. The van der Waals surface area contributed by atoms with Crippen molar-refractivity contribution < 1.29 is 0 Å². The van der Waals surface area contributed by atoms with Crippen LogP contribution in [0.5, 0.6) is 0 Å². The van der Waals surface area contributed by atoms with E-state index in [1.165, 1.54) is 24.3 Å². The van der Waals surface area contributed by atoms with Gasteiger partial charge in [-0.1, -0.05) is 18.5 Å². The van der Waals surface area contributed by atoms with Crippen molar-refractivity contribution in [2.24, 2.45) is 0 Å². The van der Waals surface area contributed by atoms with Crippen molar-refractivity contribution in [3.63, 3.8) is 0 Å². The molecule has 17 heavy (non-hydrogen) atoms. The third-order valence-corrected chi connectivity index (χ3v) is 5.71. The Morgan fingerprint density at radius 2 is 2.47 bits per heavy atom. The van der Waals surface area contributed by atoms with Crippen LogP contribution < -0.4 is 5.32 Å². The van der Waals surface area contributed by atoms with E-state index < -0.39 is 0 Å². The van der Waals surface area contributed by atoms with Gasteiger partial charge in [0.1, 0.15) is 4.34 Å². The van der Waals surface area contributed by atoms with Gasteiger partial charge in [-0.05, 0) is 47.9 Å². The third kappa shape index (κ3) is 3.67. The maximum absolute atomic E-state index is 6.08. The molecule has 2 nitrogen and oxygen atoms in total. The molecule has 2 rings (SSSR count). The third-order valence-electron chi connectivity index (χ3n) is 3.25. The molecule has 1 fully saturated rings. The van der Waals surface area contributed by atoms with E-state index in [1.54, 1.807) is 11.3 Å². The van der Waals surface area contributed by atoms with Crippen LogP contribution in [0.4, 0.5) is 0 Å². The number of halogens is 2. The fourth-order valence-corrected chi connectivity index (χ4v) is 4.13. The Balaban J connectivity index is 1.98. The number of piperidine rings is 1. The van der Waals surface area contributed by atoms with Gasteiger partial charge in [-0.3, -0.25) is 4.90 Å². The molecule has 0 radical (unpaired) electrons. The summed E-state index contributed by atoms with van der Waals surface area (Å²) >= 11 is 11.2. The lowest BCUT2D eigenvalue weighted by Crippen LogP contribution is -2.45. The quantitative estimate of drug-likeness (QED) is 0.900. The van der Waals surface area contributed by atoms with E-state index in [2.05, 4.69) is 39.1 Å². The van der Waals surface area contributed by atoms with Crippen LogP contribution in [0.2, 0.25) is 4.34 Å². The lowest BCUT2D eigenvalue weighted by molar-refractivity contribution is 0.167. The Labute approximate surface area is 120 Å². The first-order chi connectivity index (χ1) is 8.20. The minimum absolute atomic E-state index is 0.674. The number of hydrogen-bond acceptors (Lipinski definition) is 3. The van der Waals surface area contributed by atoms with E-state index in [1.807, 2.05) is 0 Å². The molecular weight excluding hydrogens is 320 g/mol. The molecule has 0 amide bonds. The molecule has 5 heteroatoms. The van der Waals surface area contributed by atoms with Gasteiger partial charge in [0, 0.05) is 28.5 Å². The number of hydrogen-bond donors (Lipinski definition) is 1. The SMILES string of the molecule is CCN(Cc1cc(Br)c(Cl)s1)C1CCCNC1. The van der Waals surface area contributed by atoms with Gasteiger partial charge in [-0.15, -0.1) is 11.3 Å². The summed E-state index contributed by atoms with van der Waals surface area (Å²) in [6.07, 6.45) is 2.59. The summed E-state index contributed by atoms with van der Waals surface area (Å²) in [4.78, 5) is 3.88. The van der Waals surface area contributed by atoms with Crippen molar-refractivity contribution in [2.45, 2.75) is 32.4 Å². The summed E-state index contributed by atoms with van der Waals surface area (Å²) in [5.41, 5.74) is 0. The van der Waals surface area contributed by atoms with Crippen molar-refractivity contribution in [2.75, 3.05) is 19.6 Å². The summed E-state index contributed by atoms with van der Waals surface area (Å²) in [5.74, 6) is 0. The Morgan fingerprint density at radius 1 is 1.65 bits per heavy atom. The number of nitrogens with one attached hydrogen (secondary N) is 1. The van der Waals surface area contributed by atoms with E-state index in [-0.39, 0.29) is 0 Å². The molecular formula is C12H18BrClN2S. The van der Waals surface area contributed by atoms with Gasteiger partial charge in [0.15, 0.2) is 0 Å². The second-order valence-electron chi connectivity index (χ2n) is 4.40. The zero-order valence-corrected chi connectivity index (χ0v) is 13.2. The van der Waals surface area contributed by atoms with Crippen molar-refractivity contribution >= 4 is 38.9 Å². The Kier molecular flexibility index (Phi) is 5.30. The normalized spacial score (nSPS) is 21.1. The van der Waals surface area contributed by atoms with Crippen LogP contribution in [0.1, 0.15) is 24.6 Å². The largest absolute Gasteiger partial charge is 0.315 e. The summed E-state index contributed by atoms with van der Waals surface area (Å²) in [6, 6.07) is 2.82. The molecule has 2 heterocycles. The average Bonchev–Trinajstić information content (AvgIpc) is 2.67. The maximum Gasteiger partial charge on any atom is 0.107 e. The zero-order valence-electron chi connectivity index (χ0n) is 10.0. The standard InChI is InChI=1S/C12H18BrClN2S/c1-2-16(9-4-3-5-15-7-9)8-10-6-11(13)12(14)17-10/h6,9,15H,2-5,7-8H2,1H3. The minimum atomic E-state index is 0.674. The topological polar surface area (TPSA) is 15.3 Å². The Hall–Kier alpha value is 0.390. The van der Waals surface area contributed by atoms with E-state index >= 15 is 0 Å². The highest BCUT2D eigenvalue weighted by Gasteiger charge is 2.20. The number of rotatable bonds is 4. The molecule has 1 unspecified atom stereocenters. The molecule has 1 atom stereocenters. The van der Waals surface area contributed by atoms with Crippen LogP contribution in [0.25, 0.3) is 0 Å². The molecule has 1 aliphatic heterocycles. The van der Waals surface area contributed by atoms with Crippen LogP contribution in [0.3, 0.4) is 0 Å². The van der Waals surface area contributed by atoms with Gasteiger partial charge in [0.05, 0.1) is 0 Å². The fourth-order valence-electron chi connectivity index (χ4n) is 2.31. The van der Waals surface area contributed by atoms with Gasteiger partial charge in [0.2, 0.25) is 0 Å². The molecule has 1 aromatic heterocycles. The molecule has 1 saturated heterocycles. The van der Waals surface area contributed by atoms with E-state index in [0.717, 1.165) is 28.4 Å². The first-order valence-electron chi connectivity index (χ1n) is 6.09. The van der Waals surface area contributed by atoms with Crippen LogP contribution in [-0.2, 0) is 6.54 Å². The van der Waals surface area contributed by atoms with Gasteiger partial charge in [-0.25, -0.2) is 0 Å². The monoisotopic (exact) mass is 336 g/mol. The van der Waals surface area contributed by atoms with Crippen LogP contribution in [-0.4, -0.2) is 30.6 Å². The lowest BCUT2D eigenvalue weighted by atomic mass is 10.1. The van der Waals surface area contributed by atoms with E-state index in [0.29, 0.717) is 6.04 Å². The lowest BCUT2D eigenvalue weighted by Gasteiger charge is -2.33. The van der Waals surface area contributed by atoms with Gasteiger partial charge in [-0.2, -0.15) is 0 Å². The predicted octanol–water partition coefficient (Wildman–Crippen LogP) is 3.74. The van der Waals surface area contributed by atoms with Crippen molar-refractivity contribution in [3.8, 4) is 0 Å². The molecule has 0 aromatic carbocycles. The molecule has 1 N–H and O–H groups in total. The van der Waals surface area contributed by atoms with Crippen LogP contribution >= 0.6 is 38.9 Å². The highest BCUT2D eigenvalue weighted by Crippen LogP contribution is 2.33.